The second-order valence-corrected chi connectivity index (χ2v) is 11.6. The smallest absolute Gasteiger partial charge is 0.278 e. The fraction of sp³-hybridized carbons (Fsp3) is 0.229. The van der Waals surface area contributed by atoms with E-state index in [-0.39, 0.29) is 77.0 Å². The van der Waals surface area contributed by atoms with Crippen LogP contribution in [0.15, 0.2) is 72.9 Å². The van der Waals surface area contributed by atoms with Gasteiger partial charge in [0.15, 0.2) is 23.1 Å². The van der Waals surface area contributed by atoms with Crippen LogP contribution in [0.25, 0.3) is 11.1 Å². The third-order valence-corrected chi connectivity index (χ3v) is 8.34. The molecule has 2 aliphatic heterocycles. The summed E-state index contributed by atoms with van der Waals surface area (Å²) in [6.45, 7) is 8.29. The van der Waals surface area contributed by atoms with Gasteiger partial charge in [0.25, 0.3) is 5.79 Å². The van der Waals surface area contributed by atoms with E-state index in [0.29, 0.717) is 24.4 Å². The number of benzene rings is 4. The zero-order valence-electron chi connectivity index (χ0n) is 24.9. The number of para-hydroxylation sites is 1. The predicted octanol–water partition coefficient (Wildman–Crippen LogP) is 8.33. The summed E-state index contributed by atoms with van der Waals surface area (Å²) in [5, 5.41) is 0.175. The van der Waals surface area contributed by atoms with E-state index in [1.165, 1.54) is 37.3 Å². The zero-order chi connectivity index (χ0) is 32.0. The maximum atomic E-state index is 15.8. The molecule has 1 fully saturated rings. The summed E-state index contributed by atoms with van der Waals surface area (Å²) < 4.78 is 79.6. The Hall–Kier alpha value is -3.29. The molecule has 0 bridgehead atoms. The Bertz CT molecular complexity index is 1850. The van der Waals surface area contributed by atoms with E-state index in [0.717, 1.165) is 24.1 Å². The number of allylic oxidation sites excluding steroid dienone is 1. The van der Waals surface area contributed by atoms with Crippen molar-refractivity contribution in [1.29, 1.82) is 0 Å². The Morgan fingerprint density at radius 2 is 1.78 bits per heavy atom. The van der Waals surface area contributed by atoms with Crippen LogP contribution in [-0.4, -0.2) is 25.5 Å². The van der Waals surface area contributed by atoms with Crippen LogP contribution in [0.2, 0.25) is 5.02 Å². The van der Waals surface area contributed by atoms with Gasteiger partial charge in [0, 0.05) is 85.0 Å². The van der Waals surface area contributed by atoms with Crippen molar-refractivity contribution < 1.29 is 67.7 Å². The van der Waals surface area contributed by atoms with Gasteiger partial charge in [-0.3, -0.25) is 0 Å². The number of halogens is 5. The van der Waals surface area contributed by atoms with Crippen molar-refractivity contribution in [2.24, 2.45) is 0 Å². The monoisotopic (exact) mass is 874 g/mol. The summed E-state index contributed by atoms with van der Waals surface area (Å²) in [7, 11) is 0. The number of rotatable bonds is 9. The standard InChI is InChI=1S/C35H27ClF4NO4.U/c1-19-7-8-21(18-42)14-30(19)41(17-23-11-12-43-23)20(2)13-26-28(37)16-25(32(39)33(26)40)24-5-4-6-31-34(24)45-35(3,44-31)27-10-9-22(36)15-29(27)38;/h4-10,14-16,23H,2,11-13,17H2,1,3H3;/q-1;. The summed E-state index contributed by atoms with van der Waals surface area (Å²) in [6.07, 6.45) is 2.13. The first-order valence-corrected chi connectivity index (χ1v) is 14.6. The second kappa shape index (κ2) is 13.4. The number of aryl methyl sites for hydroxylation is 1. The van der Waals surface area contributed by atoms with Crippen LogP contribution < -0.4 is 14.4 Å². The first-order valence-electron chi connectivity index (χ1n) is 14.2. The SMILES string of the molecule is C=C(Cc1c(F)cc(-c2cccc3c2OC(C)(c2ccc(Cl)cc2F)O3)c(F)c1F)N(CC1CCO1)c1cc([C-]=O)ccc1C.[U]. The molecular formula is C35H27ClF4NO4U-. The molecule has 236 valence electrons. The molecule has 5 nitrogen and oxygen atoms in total. The minimum atomic E-state index is -1.65. The number of nitrogens with zero attached hydrogens (tertiary/aromatic N) is 1. The van der Waals surface area contributed by atoms with Crippen molar-refractivity contribution in [3.63, 3.8) is 0 Å². The van der Waals surface area contributed by atoms with Crippen molar-refractivity contribution in [2.75, 3.05) is 18.1 Å². The molecule has 2 aliphatic rings. The molecule has 0 amide bonds. The van der Waals surface area contributed by atoms with Crippen molar-refractivity contribution in [3.8, 4) is 22.6 Å². The number of anilines is 1. The molecule has 0 saturated carbocycles. The second-order valence-electron chi connectivity index (χ2n) is 11.2. The van der Waals surface area contributed by atoms with Crippen LogP contribution in [0.1, 0.15) is 35.6 Å². The number of fused-ring (bicyclic) bond motifs is 1. The molecule has 0 radical (unpaired) electrons. The molecule has 1 saturated heterocycles. The van der Waals surface area contributed by atoms with Crippen LogP contribution in [-0.2, 0) is 21.7 Å². The van der Waals surface area contributed by atoms with Gasteiger partial charge in [0.2, 0.25) is 0 Å². The first kappa shape index (κ1) is 34.1. The van der Waals surface area contributed by atoms with Gasteiger partial charge in [-0.1, -0.05) is 35.9 Å². The predicted molar refractivity (Wildman–Crippen MR) is 162 cm³/mol. The third kappa shape index (κ3) is 6.33. The summed E-state index contributed by atoms with van der Waals surface area (Å²) in [6, 6.07) is 14.3. The van der Waals surface area contributed by atoms with Crippen molar-refractivity contribution >= 4 is 23.6 Å². The van der Waals surface area contributed by atoms with E-state index < -0.39 is 40.2 Å². The van der Waals surface area contributed by atoms with Crippen LogP contribution >= 0.6 is 11.6 Å². The molecule has 4 aromatic carbocycles. The van der Waals surface area contributed by atoms with E-state index in [1.807, 2.05) is 13.2 Å². The molecule has 0 aliphatic carbocycles. The Balaban J connectivity index is 0.00000417. The zero-order valence-corrected chi connectivity index (χ0v) is 29.8. The Labute approximate surface area is 292 Å². The van der Waals surface area contributed by atoms with E-state index in [2.05, 4.69) is 6.58 Å². The van der Waals surface area contributed by atoms with E-state index in [9.17, 15) is 9.18 Å². The Kier molecular flexibility index (Phi) is 9.95. The third-order valence-electron chi connectivity index (χ3n) is 8.10. The summed E-state index contributed by atoms with van der Waals surface area (Å²) in [4.78, 5) is 13.1. The number of hydrogen-bond acceptors (Lipinski definition) is 5. The molecule has 0 aromatic heterocycles. The number of ether oxygens (including phenoxy) is 3. The maximum absolute atomic E-state index is 15.8. The average Bonchev–Trinajstić information content (AvgIpc) is 3.34. The van der Waals surface area contributed by atoms with Gasteiger partial charge in [0.05, 0.1) is 18.0 Å². The van der Waals surface area contributed by atoms with Gasteiger partial charge >= 0.3 is 0 Å². The van der Waals surface area contributed by atoms with Gasteiger partial charge in [-0.05, 0) is 49.4 Å². The van der Waals surface area contributed by atoms with Gasteiger partial charge in [-0.2, -0.15) is 6.07 Å². The first-order chi connectivity index (χ1) is 21.5. The molecule has 0 N–H and O–H groups in total. The van der Waals surface area contributed by atoms with Crippen molar-refractivity contribution in [1.82, 2.24) is 0 Å². The molecule has 2 unspecified atom stereocenters. The van der Waals surface area contributed by atoms with Gasteiger partial charge < -0.3 is 23.9 Å². The van der Waals surface area contributed by atoms with E-state index in [4.69, 9.17) is 25.8 Å². The Morgan fingerprint density at radius 1 is 1.02 bits per heavy atom. The minimum Gasteiger partial charge on any atom is -0.444 e. The molecular weight excluding hydrogens is 848 g/mol. The van der Waals surface area contributed by atoms with Gasteiger partial charge in [-0.25, -0.2) is 17.6 Å². The maximum Gasteiger partial charge on any atom is 0.278 e. The largest absolute Gasteiger partial charge is 0.444 e. The fourth-order valence-corrected chi connectivity index (χ4v) is 5.75. The fourth-order valence-electron chi connectivity index (χ4n) is 5.59. The molecule has 4 aromatic rings. The van der Waals surface area contributed by atoms with E-state index in [1.54, 1.807) is 23.1 Å². The summed E-state index contributed by atoms with van der Waals surface area (Å²) in [5.74, 6) is -5.88. The van der Waals surface area contributed by atoms with Gasteiger partial charge in [-0.15, -0.1) is 17.7 Å². The Morgan fingerprint density at radius 3 is 2.46 bits per heavy atom. The molecule has 2 heterocycles. The van der Waals surface area contributed by atoms with Crippen LogP contribution in [0.4, 0.5) is 23.2 Å². The number of carbonyl (C=O) groups excluding carboxylic acids is 1. The van der Waals surface area contributed by atoms with Crippen molar-refractivity contribution in [2.45, 2.75) is 38.6 Å². The molecule has 46 heavy (non-hydrogen) atoms. The van der Waals surface area contributed by atoms with Crippen LogP contribution in [0.5, 0.6) is 11.5 Å². The molecule has 11 heteroatoms. The summed E-state index contributed by atoms with van der Waals surface area (Å²) in [5.41, 5.74) is 1.11. The van der Waals surface area contributed by atoms with Crippen LogP contribution in [0.3, 0.4) is 0 Å². The quantitative estimate of drug-likeness (QED) is 0.0963. The van der Waals surface area contributed by atoms with Crippen LogP contribution in [0, 0.1) is 61.3 Å². The number of hydrogen-bond donors (Lipinski definition) is 0. The topological polar surface area (TPSA) is 48.0 Å². The van der Waals surface area contributed by atoms with E-state index >= 15 is 13.2 Å². The van der Waals surface area contributed by atoms with Crippen molar-refractivity contribution in [3.05, 3.63) is 123 Å². The molecule has 0 spiro atoms. The van der Waals surface area contributed by atoms with Gasteiger partial charge in [0.1, 0.15) is 11.6 Å². The minimum absolute atomic E-state index is 0. The molecule has 6 rings (SSSR count). The average molecular weight is 875 g/mol. The normalized spacial score (nSPS) is 18.0. The summed E-state index contributed by atoms with van der Waals surface area (Å²) >= 11 is 5.89. The molecule has 2 atom stereocenters.